The predicted octanol–water partition coefficient (Wildman–Crippen LogP) is 6.66. The fraction of sp³-hybridized carbons (Fsp3) is 0.867. The van der Waals surface area contributed by atoms with Gasteiger partial charge in [-0.2, -0.15) is 0 Å². The van der Waals surface area contributed by atoms with Crippen molar-refractivity contribution in [1.82, 2.24) is 0 Å². The van der Waals surface area contributed by atoms with E-state index in [1.54, 1.807) is 0 Å². The van der Waals surface area contributed by atoms with Gasteiger partial charge in [0.15, 0.2) is 5.78 Å². The first-order valence-electron chi connectivity index (χ1n) is 13.5. The standard InChI is InChI=1S/C30H48O4/c1-25(2)14-15-29(8)18(19(25)17-26(3,4)24(33)34)16-20(31)23-28(7)12-11-22(32)27(5,6)21(28)10-13-30(23,29)9/h16,19,21-23,32H,10-15,17H2,1-9H3,(H,33,34)/t19-,21-,22-,23+,28-,29+,30+/m0/s1. The van der Waals surface area contributed by atoms with Gasteiger partial charge in [0.1, 0.15) is 0 Å². The molecule has 4 aliphatic carbocycles. The maximum absolute atomic E-state index is 14.2. The van der Waals surface area contributed by atoms with Gasteiger partial charge in [0.25, 0.3) is 0 Å². The Hall–Kier alpha value is -1.16. The van der Waals surface area contributed by atoms with Crippen molar-refractivity contribution in [2.45, 2.75) is 113 Å². The number of rotatable bonds is 3. The van der Waals surface area contributed by atoms with E-state index in [4.69, 9.17) is 0 Å². The zero-order valence-corrected chi connectivity index (χ0v) is 23.0. The molecule has 0 radical (unpaired) electrons. The van der Waals surface area contributed by atoms with Crippen LogP contribution in [-0.4, -0.2) is 28.1 Å². The summed E-state index contributed by atoms with van der Waals surface area (Å²) in [6.45, 7) is 19.7. The third-order valence-electron chi connectivity index (χ3n) is 12.1. The van der Waals surface area contributed by atoms with E-state index in [0.29, 0.717) is 12.3 Å². The van der Waals surface area contributed by atoms with Crippen LogP contribution in [0.25, 0.3) is 0 Å². The van der Waals surface area contributed by atoms with Gasteiger partial charge in [0.2, 0.25) is 0 Å². The van der Waals surface area contributed by atoms with E-state index in [1.165, 1.54) is 5.57 Å². The lowest BCUT2D eigenvalue weighted by molar-refractivity contribution is -0.200. The second-order valence-electron chi connectivity index (χ2n) is 15.1. The summed E-state index contributed by atoms with van der Waals surface area (Å²) in [5.74, 6) is -0.155. The Morgan fingerprint density at radius 1 is 1.00 bits per heavy atom. The Balaban J connectivity index is 1.85. The Labute approximate surface area is 207 Å². The summed E-state index contributed by atoms with van der Waals surface area (Å²) in [6, 6.07) is 0. The number of hydrogen-bond donors (Lipinski definition) is 2. The van der Waals surface area contributed by atoms with Gasteiger partial charge in [-0.1, -0.05) is 54.0 Å². The van der Waals surface area contributed by atoms with Crippen molar-refractivity contribution in [3.05, 3.63) is 11.6 Å². The summed E-state index contributed by atoms with van der Waals surface area (Å²) in [5.41, 5.74) is -0.245. The molecule has 0 amide bonds. The second-order valence-corrected chi connectivity index (χ2v) is 15.1. The zero-order chi connectivity index (χ0) is 25.7. The van der Waals surface area contributed by atoms with Crippen LogP contribution in [0.15, 0.2) is 11.6 Å². The van der Waals surface area contributed by atoms with E-state index in [-0.39, 0.29) is 50.8 Å². The van der Waals surface area contributed by atoms with Crippen molar-refractivity contribution in [3.63, 3.8) is 0 Å². The lowest BCUT2D eigenvalue weighted by Gasteiger charge is -2.69. The molecule has 4 nitrogen and oxygen atoms in total. The van der Waals surface area contributed by atoms with Crippen molar-refractivity contribution in [2.24, 2.45) is 50.2 Å². The zero-order valence-electron chi connectivity index (χ0n) is 23.0. The van der Waals surface area contributed by atoms with Gasteiger partial charge in [-0.25, -0.2) is 0 Å². The minimum atomic E-state index is -0.838. The molecular formula is C30H48O4. The predicted molar refractivity (Wildman–Crippen MR) is 135 cm³/mol. The minimum Gasteiger partial charge on any atom is -0.481 e. The number of ketones is 1. The summed E-state index contributed by atoms with van der Waals surface area (Å²) in [6.07, 6.45) is 8.01. The highest BCUT2D eigenvalue weighted by atomic mass is 16.4. The average Bonchev–Trinajstić information content (AvgIpc) is 2.69. The van der Waals surface area contributed by atoms with Crippen LogP contribution in [0.4, 0.5) is 0 Å². The van der Waals surface area contributed by atoms with Gasteiger partial charge in [-0.05, 0) is 104 Å². The molecular weight excluding hydrogens is 424 g/mol. The van der Waals surface area contributed by atoms with E-state index in [1.807, 2.05) is 19.9 Å². The quantitative estimate of drug-likeness (QED) is 0.482. The summed E-state index contributed by atoms with van der Waals surface area (Å²) >= 11 is 0. The molecule has 34 heavy (non-hydrogen) atoms. The third kappa shape index (κ3) is 3.26. The van der Waals surface area contributed by atoms with Gasteiger partial charge in [-0.15, -0.1) is 0 Å². The minimum absolute atomic E-state index is 0.0421. The SMILES string of the molecule is CC(C)(C[C@H]1C2=CC(=O)[C@@H]3[C@@]4(C)CC[C@H](O)C(C)(C)[C@@H]4CC[C@@]3(C)[C@]2(C)CCC1(C)C)C(=O)O. The van der Waals surface area contributed by atoms with Gasteiger partial charge in [-0.3, -0.25) is 9.59 Å². The first kappa shape index (κ1) is 25.9. The Morgan fingerprint density at radius 3 is 2.21 bits per heavy atom. The topological polar surface area (TPSA) is 74.6 Å². The maximum Gasteiger partial charge on any atom is 0.309 e. The van der Waals surface area contributed by atoms with Gasteiger partial charge in [0.05, 0.1) is 11.5 Å². The van der Waals surface area contributed by atoms with Gasteiger partial charge < -0.3 is 10.2 Å². The van der Waals surface area contributed by atoms with E-state index >= 15 is 0 Å². The van der Waals surface area contributed by atoms with Gasteiger partial charge in [0, 0.05) is 5.92 Å². The summed E-state index contributed by atoms with van der Waals surface area (Å²) < 4.78 is 0. The van der Waals surface area contributed by atoms with Crippen LogP contribution in [-0.2, 0) is 9.59 Å². The number of carbonyl (C=O) groups excluding carboxylic acids is 1. The normalized spacial score (nSPS) is 45.5. The van der Waals surface area contributed by atoms with Crippen LogP contribution in [0.3, 0.4) is 0 Å². The summed E-state index contributed by atoms with van der Waals surface area (Å²) in [5, 5.41) is 20.8. The molecule has 4 rings (SSSR count). The number of carboxylic acids is 1. The number of carboxylic acid groups (broad SMARTS) is 1. The van der Waals surface area contributed by atoms with Gasteiger partial charge >= 0.3 is 5.97 Å². The molecule has 0 unspecified atom stereocenters. The van der Waals surface area contributed by atoms with Crippen LogP contribution in [0, 0.1) is 50.2 Å². The molecule has 7 atom stereocenters. The third-order valence-corrected chi connectivity index (χ3v) is 12.1. The van der Waals surface area contributed by atoms with Crippen molar-refractivity contribution >= 4 is 11.8 Å². The number of aliphatic carboxylic acids is 1. The average molecular weight is 473 g/mol. The number of fused-ring (bicyclic) bond motifs is 5. The first-order chi connectivity index (χ1) is 15.3. The van der Waals surface area contributed by atoms with Crippen molar-refractivity contribution < 1.29 is 19.8 Å². The van der Waals surface area contributed by atoms with E-state index in [2.05, 4.69) is 48.5 Å². The van der Waals surface area contributed by atoms with Crippen molar-refractivity contribution in [1.29, 1.82) is 0 Å². The Kier molecular flexibility index (Phi) is 5.66. The summed E-state index contributed by atoms with van der Waals surface area (Å²) in [4.78, 5) is 26.3. The molecule has 0 aliphatic heterocycles. The number of carbonyl (C=O) groups is 2. The fourth-order valence-corrected chi connectivity index (χ4v) is 9.46. The highest BCUT2D eigenvalue weighted by Crippen LogP contribution is 2.74. The molecule has 0 aromatic rings. The Bertz CT molecular complexity index is 926. The van der Waals surface area contributed by atoms with E-state index < -0.39 is 11.4 Å². The fourth-order valence-electron chi connectivity index (χ4n) is 9.46. The van der Waals surface area contributed by atoms with E-state index in [0.717, 1.165) is 38.5 Å². The molecule has 0 bridgehead atoms. The molecule has 2 N–H and O–H groups in total. The lowest BCUT2D eigenvalue weighted by atomic mass is 9.34. The molecule has 0 saturated heterocycles. The lowest BCUT2D eigenvalue weighted by Crippen LogP contribution is -2.66. The summed E-state index contributed by atoms with van der Waals surface area (Å²) in [7, 11) is 0. The first-order valence-corrected chi connectivity index (χ1v) is 13.5. The van der Waals surface area contributed by atoms with Crippen molar-refractivity contribution in [3.8, 4) is 0 Å². The number of allylic oxidation sites excluding steroid dienone is 2. The molecule has 0 aromatic carbocycles. The van der Waals surface area contributed by atoms with Crippen LogP contribution in [0.5, 0.6) is 0 Å². The molecule has 3 saturated carbocycles. The van der Waals surface area contributed by atoms with Crippen LogP contribution < -0.4 is 0 Å². The molecule has 0 heterocycles. The number of hydrogen-bond acceptors (Lipinski definition) is 3. The number of aliphatic hydroxyl groups is 1. The smallest absolute Gasteiger partial charge is 0.309 e. The highest BCUT2D eigenvalue weighted by molar-refractivity contribution is 5.95. The molecule has 4 aliphatic rings. The maximum atomic E-state index is 14.2. The Morgan fingerprint density at radius 2 is 1.62 bits per heavy atom. The van der Waals surface area contributed by atoms with Crippen LogP contribution in [0.1, 0.15) is 107 Å². The monoisotopic (exact) mass is 472 g/mol. The molecule has 192 valence electrons. The molecule has 3 fully saturated rings. The molecule has 0 spiro atoms. The van der Waals surface area contributed by atoms with E-state index in [9.17, 15) is 19.8 Å². The second kappa shape index (κ2) is 7.43. The van der Waals surface area contributed by atoms with Crippen LogP contribution >= 0.6 is 0 Å². The molecule has 0 aromatic heterocycles. The highest BCUT2D eigenvalue weighted by Gasteiger charge is 2.69. The largest absolute Gasteiger partial charge is 0.481 e. The number of aliphatic hydroxyl groups excluding tert-OH is 1. The molecule has 4 heteroatoms. The van der Waals surface area contributed by atoms with Crippen molar-refractivity contribution in [2.75, 3.05) is 0 Å². The van der Waals surface area contributed by atoms with Crippen LogP contribution in [0.2, 0.25) is 0 Å².